The Morgan fingerprint density at radius 2 is 2.05 bits per heavy atom. The number of benzene rings is 1. The predicted octanol–water partition coefficient (Wildman–Crippen LogP) is 2.21. The summed E-state index contributed by atoms with van der Waals surface area (Å²) >= 11 is 0. The molecule has 0 radical (unpaired) electrons. The molecule has 0 aliphatic heterocycles. The van der Waals surface area contributed by atoms with Crippen molar-refractivity contribution in [2.45, 2.75) is 45.9 Å². The highest BCUT2D eigenvalue weighted by atomic mass is 16.5. The van der Waals surface area contributed by atoms with Crippen molar-refractivity contribution in [1.82, 2.24) is 15.5 Å². The Morgan fingerprint density at radius 3 is 2.59 bits per heavy atom. The number of rotatable bonds is 8. The number of aliphatic hydroxyl groups excluding tert-OH is 1. The molecule has 6 nitrogen and oxygen atoms in total. The Hall–Kier alpha value is -1.92. The van der Waals surface area contributed by atoms with Crippen LogP contribution in [0.3, 0.4) is 0 Å². The van der Waals surface area contributed by atoms with E-state index in [0.717, 1.165) is 17.7 Å². The molecule has 1 heterocycles. The Balaban J connectivity index is 1.85. The Kier molecular flexibility index (Phi) is 5.51. The lowest BCUT2D eigenvalue weighted by Gasteiger charge is -2.27. The highest BCUT2D eigenvalue weighted by Crippen LogP contribution is 2.15. The molecule has 0 amide bonds. The standard InChI is InChI=1S/C16H23N3O3/c1-4-16(3,11-20)17-9-13-5-7-14(8-6-13)21-10-15-18-12(2)22-19-15/h5-8,17,20H,4,9-11H2,1-3H3. The van der Waals surface area contributed by atoms with Crippen LogP contribution in [0.15, 0.2) is 28.8 Å². The second-order valence-electron chi connectivity index (χ2n) is 5.59. The van der Waals surface area contributed by atoms with Crippen molar-refractivity contribution in [3.8, 4) is 5.75 Å². The van der Waals surface area contributed by atoms with E-state index in [1.165, 1.54) is 0 Å². The quantitative estimate of drug-likeness (QED) is 0.778. The topological polar surface area (TPSA) is 80.4 Å². The molecule has 0 spiro atoms. The first-order valence-corrected chi connectivity index (χ1v) is 7.41. The lowest BCUT2D eigenvalue weighted by atomic mass is 10.00. The summed E-state index contributed by atoms with van der Waals surface area (Å²) in [7, 11) is 0. The molecule has 0 fully saturated rings. The van der Waals surface area contributed by atoms with Gasteiger partial charge in [0.2, 0.25) is 11.7 Å². The minimum atomic E-state index is -0.244. The largest absolute Gasteiger partial charge is 0.485 e. The molecular formula is C16H23N3O3. The van der Waals surface area contributed by atoms with Gasteiger partial charge in [0, 0.05) is 19.0 Å². The van der Waals surface area contributed by atoms with Crippen LogP contribution in [-0.4, -0.2) is 27.4 Å². The monoisotopic (exact) mass is 305 g/mol. The Morgan fingerprint density at radius 1 is 1.32 bits per heavy atom. The van der Waals surface area contributed by atoms with E-state index in [1.807, 2.05) is 31.2 Å². The van der Waals surface area contributed by atoms with Crippen LogP contribution >= 0.6 is 0 Å². The number of ether oxygens (including phenoxy) is 1. The molecule has 22 heavy (non-hydrogen) atoms. The van der Waals surface area contributed by atoms with E-state index >= 15 is 0 Å². The zero-order valence-electron chi connectivity index (χ0n) is 13.3. The summed E-state index contributed by atoms with van der Waals surface area (Å²) in [6.45, 7) is 6.92. The van der Waals surface area contributed by atoms with Crippen LogP contribution in [0.25, 0.3) is 0 Å². The average molecular weight is 305 g/mol. The molecule has 1 aromatic carbocycles. The van der Waals surface area contributed by atoms with Gasteiger partial charge in [-0.05, 0) is 31.0 Å². The van der Waals surface area contributed by atoms with Crippen LogP contribution < -0.4 is 10.1 Å². The molecule has 6 heteroatoms. The molecule has 1 atom stereocenters. The van der Waals surface area contributed by atoms with Crippen LogP contribution in [-0.2, 0) is 13.2 Å². The van der Waals surface area contributed by atoms with Gasteiger partial charge in [-0.3, -0.25) is 0 Å². The number of aryl methyl sites for hydroxylation is 1. The van der Waals surface area contributed by atoms with Crippen molar-refractivity contribution in [2.75, 3.05) is 6.61 Å². The number of hydrogen-bond donors (Lipinski definition) is 2. The van der Waals surface area contributed by atoms with Gasteiger partial charge in [-0.2, -0.15) is 4.98 Å². The molecule has 2 rings (SSSR count). The molecule has 1 aromatic heterocycles. The SMILES string of the molecule is CCC(C)(CO)NCc1ccc(OCc2noc(C)n2)cc1. The number of aromatic nitrogens is 2. The maximum atomic E-state index is 9.39. The Labute approximate surface area is 130 Å². The molecule has 120 valence electrons. The van der Waals surface area contributed by atoms with Gasteiger partial charge in [-0.15, -0.1) is 0 Å². The smallest absolute Gasteiger partial charge is 0.223 e. The van der Waals surface area contributed by atoms with Crippen molar-refractivity contribution in [1.29, 1.82) is 0 Å². The average Bonchev–Trinajstić information content (AvgIpc) is 2.97. The zero-order chi connectivity index (χ0) is 16.0. The van der Waals surface area contributed by atoms with E-state index < -0.39 is 0 Å². The fraction of sp³-hybridized carbons (Fsp3) is 0.500. The van der Waals surface area contributed by atoms with Crippen molar-refractivity contribution in [2.24, 2.45) is 0 Å². The van der Waals surface area contributed by atoms with Gasteiger partial charge in [-0.1, -0.05) is 24.2 Å². The van der Waals surface area contributed by atoms with E-state index in [0.29, 0.717) is 18.3 Å². The minimum Gasteiger partial charge on any atom is -0.485 e. The maximum absolute atomic E-state index is 9.39. The summed E-state index contributed by atoms with van der Waals surface area (Å²) in [5.41, 5.74) is 0.891. The van der Waals surface area contributed by atoms with Gasteiger partial charge in [-0.25, -0.2) is 0 Å². The summed E-state index contributed by atoms with van der Waals surface area (Å²) in [6.07, 6.45) is 0.870. The van der Waals surface area contributed by atoms with Crippen LogP contribution in [0.4, 0.5) is 0 Å². The molecule has 1 unspecified atom stereocenters. The van der Waals surface area contributed by atoms with Gasteiger partial charge < -0.3 is 19.7 Å². The number of hydrogen-bond acceptors (Lipinski definition) is 6. The lowest BCUT2D eigenvalue weighted by molar-refractivity contribution is 0.169. The van der Waals surface area contributed by atoms with E-state index in [4.69, 9.17) is 9.26 Å². The molecule has 2 aromatic rings. The number of nitrogens with zero attached hydrogens (tertiary/aromatic N) is 2. The normalized spacial score (nSPS) is 13.8. The second kappa shape index (κ2) is 7.38. The van der Waals surface area contributed by atoms with Crippen LogP contribution in [0.2, 0.25) is 0 Å². The molecule has 0 bridgehead atoms. The van der Waals surface area contributed by atoms with Gasteiger partial charge >= 0.3 is 0 Å². The first kappa shape index (κ1) is 16.5. The third-order valence-corrected chi connectivity index (χ3v) is 3.71. The van der Waals surface area contributed by atoms with Crippen LogP contribution in [0, 0.1) is 6.92 Å². The summed E-state index contributed by atoms with van der Waals surface area (Å²) < 4.78 is 10.5. The molecule has 2 N–H and O–H groups in total. The highest BCUT2D eigenvalue weighted by Gasteiger charge is 2.19. The Bertz CT molecular complexity index is 577. The third kappa shape index (κ3) is 4.54. The van der Waals surface area contributed by atoms with E-state index in [9.17, 15) is 5.11 Å². The van der Waals surface area contributed by atoms with Crippen LogP contribution in [0.1, 0.15) is 37.5 Å². The fourth-order valence-corrected chi connectivity index (χ4v) is 1.86. The van der Waals surface area contributed by atoms with Crippen molar-refractivity contribution < 1.29 is 14.4 Å². The first-order chi connectivity index (χ1) is 10.5. The summed E-state index contributed by atoms with van der Waals surface area (Å²) in [4.78, 5) is 4.08. The van der Waals surface area contributed by atoms with Crippen LogP contribution in [0.5, 0.6) is 5.75 Å². The molecular weight excluding hydrogens is 282 g/mol. The van der Waals surface area contributed by atoms with E-state index in [-0.39, 0.29) is 18.8 Å². The van der Waals surface area contributed by atoms with Crippen molar-refractivity contribution in [3.63, 3.8) is 0 Å². The van der Waals surface area contributed by atoms with E-state index in [1.54, 1.807) is 6.92 Å². The second-order valence-corrected chi connectivity index (χ2v) is 5.59. The number of nitrogens with one attached hydrogen (secondary N) is 1. The number of aliphatic hydroxyl groups is 1. The zero-order valence-corrected chi connectivity index (χ0v) is 13.3. The molecule has 0 aliphatic carbocycles. The first-order valence-electron chi connectivity index (χ1n) is 7.41. The van der Waals surface area contributed by atoms with Gasteiger partial charge in [0.25, 0.3) is 0 Å². The highest BCUT2D eigenvalue weighted by molar-refractivity contribution is 5.27. The van der Waals surface area contributed by atoms with Gasteiger partial charge in [0.05, 0.1) is 6.61 Å². The predicted molar refractivity (Wildman–Crippen MR) is 82.4 cm³/mol. The van der Waals surface area contributed by atoms with Gasteiger partial charge in [0.1, 0.15) is 5.75 Å². The third-order valence-electron chi connectivity index (χ3n) is 3.71. The summed E-state index contributed by atoms with van der Waals surface area (Å²) in [6, 6.07) is 7.81. The summed E-state index contributed by atoms with van der Waals surface area (Å²) in [5.74, 6) is 1.82. The lowest BCUT2D eigenvalue weighted by Crippen LogP contribution is -2.44. The fourth-order valence-electron chi connectivity index (χ4n) is 1.86. The van der Waals surface area contributed by atoms with E-state index in [2.05, 4.69) is 22.4 Å². The van der Waals surface area contributed by atoms with Gasteiger partial charge in [0.15, 0.2) is 6.61 Å². The van der Waals surface area contributed by atoms with Crippen molar-refractivity contribution >= 4 is 0 Å². The summed E-state index contributed by atoms with van der Waals surface area (Å²) in [5, 5.41) is 16.5. The maximum Gasteiger partial charge on any atom is 0.223 e. The molecule has 0 saturated carbocycles. The molecule has 0 aliphatic rings. The van der Waals surface area contributed by atoms with Crippen molar-refractivity contribution in [3.05, 3.63) is 41.5 Å². The molecule has 0 saturated heterocycles. The minimum absolute atomic E-state index is 0.120.